The standard InChI is InChI=1S/C12H8Cl2IN/c1-7-5-6-16-12(11(7)15)10-8(13)3-2-4-9(10)14/h2-6H,1H3. The van der Waals surface area contributed by atoms with Crippen molar-refractivity contribution in [3.8, 4) is 11.3 Å². The number of nitrogens with zero attached hydrogens (tertiary/aromatic N) is 1. The van der Waals surface area contributed by atoms with E-state index in [9.17, 15) is 0 Å². The van der Waals surface area contributed by atoms with E-state index in [1.54, 1.807) is 6.20 Å². The molecule has 0 fully saturated rings. The summed E-state index contributed by atoms with van der Waals surface area (Å²) in [5.74, 6) is 0. The summed E-state index contributed by atoms with van der Waals surface area (Å²) in [5.41, 5.74) is 2.82. The van der Waals surface area contributed by atoms with Crippen molar-refractivity contribution >= 4 is 45.8 Å². The van der Waals surface area contributed by atoms with Crippen LogP contribution in [-0.4, -0.2) is 4.98 Å². The number of hydrogen-bond acceptors (Lipinski definition) is 1. The van der Waals surface area contributed by atoms with Crippen LogP contribution < -0.4 is 0 Å². The van der Waals surface area contributed by atoms with Crippen LogP contribution in [0.4, 0.5) is 0 Å². The topological polar surface area (TPSA) is 12.9 Å². The summed E-state index contributed by atoms with van der Waals surface area (Å²) in [7, 11) is 0. The van der Waals surface area contributed by atoms with Crippen LogP contribution in [0.3, 0.4) is 0 Å². The van der Waals surface area contributed by atoms with E-state index in [-0.39, 0.29) is 0 Å². The Morgan fingerprint density at radius 2 is 1.75 bits per heavy atom. The highest BCUT2D eigenvalue weighted by atomic mass is 127. The molecule has 0 aliphatic rings. The Morgan fingerprint density at radius 1 is 1.12 bits per heavy atom. The van der Waals surface area contributed by atoms with Crippen LogP contribution in [0.5, 0.6) is 0 Å². The first-order valence-corrected chi connectivity index (χ1v) is 6.50. The third kappa shape index (κ3) is 2.19. The fourth-order valence-corrected chi connectivity index (χ4v) is 2.60. The predicted molar refractivity (Wildman–Crippen MR) is 77.1 cm³/mol. The van der Waals surface area contributed by atoms with Gasteiger partial charge in [-0.1, -0.05) is 29.3 Å². The van der Waals surface area contributed by atoms with Gasteiger partial charge in [-0.25, -0.2) is 0 Å². The molecule has 82 valence electrons. The first-order chi connectivity index (χ1) is 7.61. The maximum Gasteiger partial charge on any atom is 0.0867 e. The summed E-state index contributed by atoms with van der Waals surface area (Å²) in [6.07, 6.45) is 1.77. The second kappa shape index (κ2) is 4.90. The lowest BCUT2D eigenvalue weighted by Gasteiger charge is -2.09. The average Bonchev–Trinajstić information content (AvgIpc) is 2.24. The summed E-state index contributed by atoms with van der Waals surface area (Å²) in [6.45, 7) is 2.04. The summed E-state index contributed by atoms with van der Waals surface area (Å²) in [4.78, 5) is 4.35. The lowest BCUT2D eigenvalue weighted by molar-refractivity contribution is 1.26. The number of rotatable bonds is 1. The Hall–Kier alpha value is -0.320. The molecule has 16 heavy (non-hydrogen) atoms. The third-order valence-electron chi connectivity index (χ3n) is 2.28. The van der Waals surface area contributed by atoms with Gasteiger partial charge in [-0.3, -0.25) is 4.98 Å². The minimum atomic E-state index is 0.628. The number of hydrogen-bond donors (Lipinski definition) is 0. The molecule has 1 aromatic carbocycles. The van der Waals surface area contributed by atoms with Crippen LogP contribution in [-0.2, 0) is 0 Å². The molecule has 1 heterocycles. The molecule has 0 spiro atoms. The van der Waals surface area contributed by atoms with E-state index in [1.807, 2.05) is 31.2 Å². The average molecular weight is 364 g/mol. The fourth-order valence-electron chi connectivity index (χ4n) is 1.44. The Kier molecular flexibility index (Phi) is 3.72. The molecular formula is C12H8Cl2IN. The number of aromatic nitrogens is 1. The van der Waals surface area contributed by atoms with Crippen LogP contribution in [0, 0.1) is 10.5 Å². The van der Waals surface area contributed by atoms with Crippen LogP contribution in [0.1, 0.15) is 5.56 Å². The number of benzene rings is 1. The Bertz CT molecular complexity index is 520. The van der Waals surface area contributed by atoms with E-state index in [0.29, 0.717) is 10.0 Å². The monoisotopic (exact) mass is 363 g/mol. The van der Waals surface area contributed by atoms with E-state index >= 15 is 0 Å². The first-order valence-electron chi connectivity index (χ1n) is 4.66. The van der Waals surface area contributed by atoms with E-state index in [4.69, 9.17) is 23.2 Å². The third-order valence-corrected chi connectivity index (χ3v) is 4.27. The molecule has 0 radical (unpaired) electrons. The Labute approximate surface area is 118 Å². The molecule has 0 amide bonds. The van der Waals surface area contributed by atoms with Crippen LogP contribution in [0.15, 0.2) is 30.5 Å². The molecule has 2 aromatic rings. The van der Waals surface area contributed by atoms with Gasteiger partial charge >= 0.3 is 0 Å². The van der Waals surface area contributed by atoms with Gasteiger partial charge in [0.2, 0.25) is 0 Å². The van der Waals surface area contributed by atoms with Gasteiger partial charge in [0.15, 0.2) is 0 Å². The highest BCUT2D eigenvalue weighted by Gasteiger charge is 2.13. The molecule has 4 heteroatoms. The van der Waals surface area contributed by atoms with Crippen molar-refractivity contribution in [3.63, 3.8) is 0 Å². The van der Waals surface area contributed by atoms with Crippen molar-refractivity contribution in [1.29, 1.82) is 0 Å². The van der Waals surface area contributed by atoms with Crippen LogP contribution >= 0.6 is 45.8 Å². The van der Waals surface area contributed by atoms with Crippen molar-refractivity contribution in [1.82, 2.24) is 4.98 Å². The smallest absolute Gasteiger partial charge is 0.0867 e. The van der Waals surface area contributed by atoms with Crippen molar-refractivity contribution in [2.75, 3.05) is 0 Å². The largest absolute Gasteiger partial charge is 0.255 e. The first kappa shape index (κ1) is 12.1. The lowest BCUT2D eigenvalue weighted by Crippen LogP contribution is -1.92. The van der Waals surface area contributed by atoms with Crippen LogP contribution in [0.2, 0.25) is 10.0 Å². The van der Waals surface area contributed by atoms with E-state index < -0.39 is 0 Å². The fraction of sp³-hybridized carbons (Fsp3) is 0.0833. The predicted octanol–water partition coefficient (Wildman–Crippen LogP) is 4.97. The normalized spacial score (nSPS) is 10.5. The molecular weight excluding hydrogens is 356 g/mol. The van der Waals surface area contributed by atoms with Gasteiger partial charge in [0.05, 0.1) is 15.7 Å². The summed E-state index contributed by atoms with van der Waals surface area (Å²) >= 11 is 14.6. The summed E-state index contributed by atoms with van der Waals surface area (Å²) in [6, 6.07) is 7.44. The molecule has 0 saturated heterocycles. The summed E-state index contributed by atoms with van der Waals surface area (Å²) < 4.78 is 1.08. The Morgan fingerprint density at radius 3 is 2.38 bits per heavy atom. The SMILES string of the molecule is Cc1ccnc(-c2c(Cl)cccc2Cl)c1I. The second-order valence-corrected chi connectivity index (χ2v) is 5.28. The Balaban J connectivity index is 2.73. The molecule has 0 atom stereocenters. The zero-order chi connectivity index (χ0) is 11.7. The molecule has 0 saturated carbocycles. The molecule has 0 aliphatic carbocycles. The second-order valence-electron chi connectivity index (χ2n) is 3.39. The maximum atomic E-state index is 6.16. The molecule has 1 aromatic heterocycles. The minimum absolute atomic E-state index is 0.628. The van der Waals surface area contributed by atoms with E-state index in [1.165, 1.54) is 5.56 Å². The minimum Gasteiger partial charge on any atom is -0.255 e. The van der Waals surface area contributed by atoms with E-state index in [2.05, 4.69) is 27.6 Å². The van der Waals surface area contributed by atoms with Gasteiger partial charge in [-0.05, 0) is 53.3 Å². The number of halogens is 3. The zero-order valence-electron chi connectivity index (χ0n) is 8.47. The molecule has 0 aliphatic heterocycles. The van der Waals surface area contributed by atoms with Crippen LogP contribution in [0.25, 0.3) is 11.3 Å². The van der Waals surface area contributed by atoms with Crippen molar-refractivity contribution in [3.05, 3.63) is 49.6 Å². The van der Waals surface area contributed by atoms with Gasteiger partial charge < -0.3 is 0 Å². The van der Waals surface area contributed by atoms with Gasteiger partial charge in [-0.15, -0.1) is 0 Å². The van der Waals surface area contributed by atoms with Gasteiger partial charge in [-0.2, -0.15) is 0 Å². The van der Waals surface area contributed by atoms with Gasteiger partial charge in [0, 0.05) is 15.3 Å². The maximum absolute atomic E-state index is 6.16. The van der Waals surface area contributed by atoms with Gasteiger partial charge in [0.1, 0.15) is 0 Å². The molecule has 0 bridgehead atoms. The van der Waals surface area contributed by atoms with Crippen molar-refractivity contribution < 1.29 is 0 Å². The molecule has 1 nitrogen and oxygen atoms in total. The van der Waals surface area contributed by atoms with E-state index in [0.717, 1.165) is 14.8 Å². The van der Waals surface area contributed by atoms with Crippen molar-refractivity contribution in [2.24, 2.45) is 0 Å². The lowest BCUT2D eigenvalue weighted by atomic mass is 10.1. The highest BCUT2D eigenvalue weighted by molar-refractivity contribution is 14.1. The molecule has 0 unspecified atom stereocenters. The molecule has 2 rings (SSSR count). The quantitative estimate of drug-likeness (QED) is 0.652. The molecule has 0 N–H and O–H groups in total. The van der Waals surface area contributed by atoms with Gasteiger partial charge in [0.25, 0.3) is 0 Å². The number of aryl methyl sites for hydroxylation is 1. The zero-order valence-corrected chi connectivity index (χ0v) is 12.1. The summed E-state index contributed by atoms with van der Waals surface area (Å²) in [5, 5.41) is 1.26. The number of pyridine rings is 1. The highest BCUT2D eigenvalue weighted by Crippen LogP contribution is 2.36. The van der Waals surface area contributed by atoms with Crippen molar-refractivity contribution in [2.45, 2.75) is 6.92 Å².